The van der Waals surface area contributed by atoms with Gasteiger partial charge in [0.2, 0.25) is 0 Å². The Balaban J connectivity index is 4.44. The lowest BCUT2D eigenvalue weighted by Gasteiger charge is -2.18. The first-order chi connectivity index (χ1) is 37.0. The van der Waals surface area contributed by atoms with Crippen LogP contribution in [-0.4, -0.2) is 37.2 Å². The highest BCUT2D eigenvalue weighted by atomic mass is 16.6. The van der Waals surface area contributed by atoms with E-state index in [0.29, 0.717) is 19.3 Å². The van der Waals surface area contributed by atoms with Gasteiger partial charge in [-0.15, -0.1) is 0 Å². The van der Waals surface area contributed by atoms with Gasteiger partial charge in [0.1, 0.15) is 13.2 Å². The number of hydrogen-bond acceptors (Lipinski definition) is 6. The molecule has 1 atom stereocenters. The minimum Gasteiger partial charge on any atom is -0.462 e. The average Bonchev–Trinajstić information content (AvgIpc) is 3.41. The molecule has 0 aliphatic carbocycles. The maximum absolute atomic E-state index is 12.9. The lowest BCUT2D eigenvalue weighted by atomic mass is 10.0. The zero-order valence-corrected chi connectivity index (χ0v) is 48.8. The highest BCUT2D eigenvalue weighted by Gasteiger charge is 2.19. The lowest BCUT2D eigenvalue weighted by Crippen LogP contribution is -2.30. The van der Waals surface area contributed by atoms with Gasteiger partial charge in [-0.2, -0.15) is 0 Å². The van der Waals surface area contributed by atoms with Crippen molar-refractivity contribution >= 4 is 17.9 Å². The van der Waals surface area contributed by atoms with Crippen LogP contribution in [0.2, 0.25) is 0 Å². The van der Waals surface area contributed by atoms with Crippen LogP contribution < -0.4 is 0 Å². The van der Waals surface area contributed by atoms with Gasteiger partial charge in [-0.05, 0) is 96.3 Å². The molecule has 0 radical (unpaired) electrons. The predicted octanol–water partition coefficient (Wildman–Crippen LogP) is 21.2. The molecule has 0 heterocycles. The molecule has 6 nitrogen and oxygen atoms in total. The van der Waals surface area contributed by atoms with Crippen molar-refractivity contribution in [1.29, 1.82) is 0 Å². The number of rotatable bonds is 55. The third-order valence-corrected chi connectivity index (χ3v) is 13.0. The third kappa shape index (κ3) is 60.6. The molecule has 6 heteroatoms. The molecule has 0 saturated heterocycles. The molecule has 0 aliphatic rings. The second-order valence-corrected chi connectivity index (χ2v) is 20.2. The van der Waals surface area contributed by atoms with E-state index in [4.69, 9.17) is 14.2 Å². The molecule has 0 rings (SSSR count). The van der Waals surface area contributed by atoms with Crippen LogP contribution >= 0.6 is 0 Å². The summed E-state index contributed by atoms with van der Waals surface area (Å²) in [5.74, 6) is -1.02. The number of allylic oxidation sites excluding steroid dienone is 20. The third-order valence-electron chi connectivity index (χ3n) is 13.0. The van der Waals surface area contributed by atoms with E-state index in [-0.39, 0.29) is 37.5 Å². The van der Waals surface area contributed by atoms with Crippen molar-refractivity contribution in [3.8, 4) is 0 Å². The van der Waals surface area contributed by atoms with E-state index in [1.165, 1.54) is 116 Å². The van der Waals surface area contributed by atoms with Crippen molar-refractivity contribution in [2.45, 2.75) is 284 Å². The molecule has 0 saturated carbocycles. The topological polar surface area (TPSA) is 78.9 Å². The number of hydrogen-bond donors (Lipinski definition) is 0. The van der Waals surface area contributed by atoms with E-state index < -0.39 is 6.10 Å². The first kappa shape index (κ1) is 70.8. The van der Waals surface area contributed by atoms with Crippen molar-refractivity contribution in [2.75, 3.05) is 13.2 Å². The van der Waals surface area contributed by atoms with Crippen LogP contribution in [0, 0.1) is 0 Å². The van der Waals surface area contributed by atoms with E-state index in [0.717, 1.165) is 116 Å². The van der Waals surface area contributed by atoms with E-state index in [1.54, 1.807) is 0 Å². The van der Waals surface area contributed by atoms with Gasteiger partial charge < -0.3 is 14.2 Å². The van der Waals surface area contributed by atoms with Crippen molar-refractivity contribution in [2.24, 2.45) is 0 Å². The molecule has 0 aromatic carbocycles. The molecule has 75 heavy (non-hydrogen) atoms. The molecule has 0 spiro atoms. The van der Waals surface area contributed by atoms with E-state index in [9.17, 15) is 14.4 Å². The van der Waals surface area contributed by atoms with Gasteiger partial charge in [0.25, 0.3) is 0 Å². The maximum Gasteiger partial charge on any atom is 0.306 e. The van der Waals surface area contributed by atoms with Gasteiger partial charge >= 0.3 is 17.9 Å². The fraction of sp³-hybridized carbons (Fsp3) is 0.667. The van der Waals surface area contributed by atoms with Gasteiger partial charge in [-0.3, -0.25) is 14.4 Å². The summed E-state index contributed by atoms with van der Waals surface area (Å²) in [6.45, 7) is 6.34. The zero-order chi connectivity index (χ0) is 54.3. The highest BCUT2D eigenvalue weighted by Crippen LogP contribution is 2.16. The standard InChI is InChI=1S/C69H114O6/c1-4-7-10-13-16-19-22-25-27-29-31-33-34-36-37-39-41-44-47-50-53-56-59-62-68(71)74-65-66(64-73-67(70)61-58-55-52-49-46-43-24-21-18-15-12-9-6-3)75-69(72)63-60-57-54-51-48-45-42-40-38-35-32-30-28-26-23-20-17-14-11-8-5-2/h7,9-10,12,16,18-19,21,25,27,31,33,36-37,41,43-44,46,52,55,66H,4-6,8,11,13-15,17,20,22-24,26,28-30,32,34-35,38-40,42,45,47-51,53-54,56-65H2,1-3H3/b10-7-,12-9-,19-16-,21-18-,27-25-,33-31-,37-36-,44-41-,46-43-,55-52-. The average molecular weight is 1040 g/mol. The molecule has 1 unspecified atom stereocenters. The molecule has 0 N–H and O–H groups in total. The minimum absolute atomic E-state index is 0.114. The molecule has 0 amide bonds. The van der Waals surface area contributed by atoms with Crippen molar-refractivity contribution in [3.05, 3.63) is 122 Å². The molecule has 0 aromatic heterocycles. The molecule has 0 aliphatic heterocycles. The summed E-state index contributed by atoms with van der Waals surface area (Å²) in [7, 11) is 0. The summed E-state index contributed by atoms with van der Waals surface area (Å²) in [5, 5.41) is 0. The lowest BCUT2D eigenvalue weighted by molar-refractivity contribution is -0.166. The van der Waals surface area contributed by atoms with Gasteiger partial charge in [0.15, 0.2) is 6.10 Å². The molecular formula is C69H114O6. The van der Waals surface area contributed by atoms with Crippen molar-refractivity contribution < 1.29 is 28.6 Å². The first-order valence-corrected chi connectivity index (χ1v) is 31.0. The summed E-state index contributed by atoms with van der Waals surface area (Å²) in [4.78, 5) is 38.2. The summed E-state index contributed by atoms with van der Waals surface area (Å²) in [5.41, 5.74) is 0. The quantitative estimate of drug-likeness (QED) is 0.0261. The van der Waals surface area contributed by atoms with Crippen LogP contribution in [0.3, 0.4) is 0 Å². The number of carbonyl (C=O) groups excluding carboxylic acids is 3. The zero-order valence-electron chi connectivity index (χ0n) is 48.8. The first-order valence-electron chi connectivity index (χ1n) is 31.0. The Labute approximate surface area is 462 Å². The maximum atomic E-state index is 12.9. The van der Waals surface area contributed by atoms with Crippen LogP contribution in [0.4, 0.5) is 0 Å². The van der Waals surface area contributed by atoms with Crippen molar-refractivity contribution in [1.82, 2.24) is 0 Å². The molecular weight excluding hydrogens is 925 g/mol. The smallest absolute Gasteiger partial charge is 0.306 e. The highest BCUT2D eigenvalue weighted by molar-refractivity contribution is 5.71. The Morgan fingerprint density at radius 2 is 0.547 bits per heavy atom. The molecule has 0 bridgehead atoms. The van der Waals surface area contributed by atoms with Gasteiger partial charge in [-0.25, -0.2) is 0 Å². The predicted molar refractivity (Wildman–Crippen MR) is 325 cm³/mol. The second kappa shape index (κ2) is 62.4. The summed E-state index contributed by atoms with van der Waals surface area (Å²) in [6.07, 6.45) is 86.5. The van der Waals surface area contributed by atoms with E-state index >= 15 is 0 Å². The van der Waals surface area contributed by atoms with Gasteiger partial charge in [0, 0.05) is 19.3 Å². The van der Waals surface area contributed by atoms with Crippen molar-refractivity contribution in [3.63, 3.8) is 0 Å². The Bertz CT molecular complexity index is 1570. The Hall–Kier alpha value is -4.19. The van der Waals surface area contributed by atoms with Crippen LogP contribution in [-0.2, 0) is 28.6 Å². The van der Waals surface area contributed by atoms with Gasteiger partial charge in [0.05, 0.1) is 0 Å². The Kier molecular flexibility index (Phi) is 58.9. The van der Waals surface area contributed by atoms with Crippen LogP contribution in [0.15, 0.2) is 122 Å². The fourth-order valence-corrected chi connectivity index (χ4v) is 8.40. The number of ether oxygens (including phenoxy) is 3. The minimum atomic E-state index is -0.820. The largest absolute Gasteiger partial charge is 0.462 e. The fourth-order valence-electron chi connectivity index (χ4n) is 8.40. The monoisotopic (exact) mass is 1040 g/mol. The number of esters is 3. The number of carbonyl (C=O) groups is 3. The van der Waals surface area contributed by atoms with E-state index in [2.05, 4.69) is 136 Å². The second-order valence-electron chi connectivity index (χ2n) is 20.2. The SMILES string of the molecule is CC/C=C\C/C=C\C/C=C\C/C=C\C/C=C\C/C=C\CCCCCCC(=O)OCC(COC(=O)CC/C=C\C/C=C\C/C=C\C/C=C\CC)OC(=O)CCCCCCCCCCCCCCCCCCCCCCC. The van der Waals surface area contributed by atoms with Crippen LogP contribution in [0.1, 0.15) is 278 Å². The Morgan fingerprint density at radius 1 is 0.280 bits per heavy atom. The summed E-state index contributed by atoms with van der Waals surface area (Å²) >= 11 is 0. The summed E-state index contributed by atoms with van der Waals surface area (Å²) in [6, 6.07) is 0. The summed E-state index contributed by atoms with van der Waals surface area (Å²) < 4.78 is 16.8. The van der Waals surface area contributed by atoms with E-state index in [1.807, 2.05) is 6.08 Å². The molecule has 0 aromatic rings. The molecule has 426 valence electrons. The van der Waals surface area contributed by atoms with Crippen LogP contribution in [0.5, 0.6) is 0 Å². The Morgan fingerprint density at radius 3 is 0.893 bits per heavy atom. The van der Waals surface area contributed by atoms with Crippen LogP contribution in [0.25, 0.3) is 0 Å². The van der Waals surface area contributed by atoms with Gasteiger partial charge in [-0.1, -0.05) is 284 Å². The molecule has 0 fully saturated rings. The normalized spacial score (nSPS) is 12.9. The number of unbranched alkanes of at least 4 members (excludes halogenated alkanes) is 24.